The first-order valence-corrected chi connectivity index (χ1v) is 5.66. The fourth-order valence-corrected chi connectivity index (χ4v) is 2.20. The molecule has 3 N–H and O–H groups in total. The second-order valence-corrected chi connectivity index (χ2v) is 4.32. The van der Waals surface area contributed by atoms with E-state index < -0.39 is 12.2 Å². The Morgan fingerprint density at radius 3 is 2.59 bits per heavy atom. The van der Waals surface area contributed by atoms with Crippen molar-refractivity contribution in [3.63, 3.8) is 0 Å². The first-order valence-electron chi connectivity index (χ1n) is 5.66. The van der Waals surface area contributed by atoms with Crippen LogP contribution in [0.4, 0.5) is 10.1 Å². The van der Waals surface area contributed by atoms with Crippen LogP contribution in [0.25, 0.3) is 0 Å². The van der Waals surface area contributed by atoms with Crippen molar-refractivity contribution in [1.82, 2.24) is 5.32 Å². The number of hydrogen-bond acceptors (Lipinski definition) is 4. The highest BCUT2D eigenvalue weighted by molar-refractivity contribution is 5.56. The summed E-state index contributed by atoms with van der Waals surface area (Å²) >= 11 is 0. The number of hydrogen-bond donors (Lipinski definition) is 3. The number of β-amino-alcohol motifs (C(OH)–C–C–N with tert-alkyl or cyclic N) is 2. The maximum atomic E-state index is 13.8. The SMILES string of the molecule is CNCc1cccc(F)c1N1CC(O)C(O)C1. The van der Waals surface area contributed by atoms with Crippen LogP contribution in [0.5, 0.6) is 0 Å². The van der Waals surface area contributed by atoms with Gasteiger partial charge < -0.3 is 20.4 Å². The molecule has 4 nitrogen and oxygen atoms in total. The van der Waals surface area contributed by atoms with E-state index in [1.807, 2.05) is 6.07 Å². The summed E-state index contributed by atoms with van der Waals surface area (Å²) in [5, 5.41) is 22.0. The molecule has 1 aromatic carbocycles. The van der Waals surface area contributed by atoms with Gasteiger partial charge in [-0.1, -0.05) is 12.1 Å². The van der Waals surface area contributed by atoms with Crippen molar-refractivity contribution in [3.05, 3.63) is 29.6 Å². The first-order chi connectivity index (χ1) is 8.13. The van der Waals surface area contributed by atoms with Gasteiger partial charge in [0.25, 0.3) is 0 Å². The smallest absolute Gasteiger partial charge is 0.146 e. The van der Waals surface area contributed by atoms with Crippen molar-refractivity contribution in [3.8, 4) is 0 Å². The van der Waals surface area contributed by atoms with Crippen LogP contribution in [-0.4, -0.2) is 42.6 Å². The first kappa shape index (κ1) is 12.3. The van der Waals surface area contributed by atoms with Gasteiger partial charge in [0.2, 0.25) is 0 Å². The minimum absolute atomic E-state index is 0.263. The fourth-order valence-electron chi connectivity index (χ4n) is 2.20. The van der Waals surface area contributed by atoms with Crippen molar-refractivity contribution < 1.29 is 14.6 Å². The Kier molecular flexibility index (Phi) is 3.61. The zero-order valence-electron chi connectivity index (χ0n) is 9.73. The number of halogens is 1. The Bertz CT molecular complexity index is 390. The molecular formula is C12H17FN2O2. The minimum Gasteiger partial charge on any atom is -0.389 e. The highest BCUT2D eigenvalue weighted by Crippen LogP contribution is 2.28. The molecule has 0 aliphatic carbocycles. The van der Waals surface area contributed by atoms with Gasteiger partial charge in [0.15, 0.2) is 0 Å². The van der Waals surface area contributed by atoms with E-state index in [9.17, 15) is 14.6 Å². The summed E-state index contributed by atoms with van der Waals surface area (Å²) in [5.41, 5.74) is 1.30. The van der Waals surface area contributed by atoms with E-state index in [-0.39, 0.29) is 18.9 Å². The maximum absolute atomic E-state index is 13.8. The third kappa shape index (κ3) is 2.41. The number of anilines is 1. The van der Waals surface area contributed by atoms with Gasteiger partial charge >= 0.3 is 0 Å². The molecule has 1 heterocycles. The lowest BCUT2D eigenvalue weighted by atomic mass is 10.1. The number of aliphatic hydroxyl groups is 2. The minimum atomic E-state index is -0.808. The average molecular weight is 240 g/mol. The lowest BCUT2D eigenvalue weighted by Crippen LogP contribution is -2.24. The predicted molar refractivity (Wildman–Crippen MR) is 63.4 cm³/mol. The Balaban J connectivity index is 2.31. The summed E-state index contributed by atoms with van der Waals surface area (Å²) in [6.07, 6.45) is -1.62. The van der Waals surface area contributed by atoms with Gasteiger partial charge in [-0.05, 0) is 18.7 Å². The summed E-state index contributed by atoms with van der Waals surface area (Å²) in [7, 11) is 1.79. The van der Waals surface area contributed by atoms with Gasteiger partial charge in [-0.2, -0.15) is 0 Å². The molecule has 0 saturated carbocycles. The van der Waals surface area contributed by atoms with Crippen molar-refractivity contribution in [2.75, 3.05) is 25.0 Å². The number of rotatable bonds is 3. The zero-order valence-corrected chi connectivity index (χ0v) is 9.73. The van der Waals surface area contributed by atoms with Crippen LogP contribution in [0.3, 0.4) is 0 Å². The van der Waals surface area contributed by atoms with Crippen LogP contribution < -0.4 is 10.2 Å². The van der Waals surface area contributed by atoms with Crippen LogP contribution in [0, 0.1) is 5.82 Å². The molecule has 0 spiro atoms. The topological polar surface area (TPSA) is 55.7 Å². The molecule has 2 unspecified atom stereocenters. The average Bonchev–Trinajstić information content (AvgIpc) is 2.59. The van der Waals surface area contributed by atoms with Gasteiger partial charge in [-0.3, -0.25) is 0 Å². The highest BCUT2D eigenvalue weighted by Gasteiger charge is 2.31. The molecule has 1 aliphatic heterocycles. The van der Waals surface area contributed by atoms with Gasteiger partial charge in [0.1, 0.15) is 5.82 Å². The van der Waals surface area contributed by atoms with E-state index in [0.29, 0.717) is 12.2 Å². The van der Waals surface area contributed by atoms with Crippen LogP contribution in [0.2, 0.25) is 0 Å². The van der Waals surface area contributed by atoms with Crippen LogP contribution in [0.1, 0.15) is 5.56 Å². The monoisotopic (exact) mass is 240 g/mol. The van der Waals surface area contributed by atoms with Crippen LogP contribution >= 0.6 is 0 Å². The van der Waals surface area contributed by atoms with E-state index in [1.54, 1.807) is 18.0 Å². The van der Waals surface area contributed by atoms with E-state index >= 15 is 0 Å². The second-order valence-electron chi connectivity index (χ2n) is 4.32. The van der Waals surface area contributed by atoms with Crippen molar-refractivity contribution in [2.45, 2.75) is 18.8 Å². The Morgan fingerprint density at radius 2 is 2.00 bits per heavy atom. The summed E-state index contributed by atoms with van der Waals surface area (Å²) < 4.78 is 13.8. The third-order valence-corrected chi connectivity index (χ3v) is 3.01. The molecule has 17 heavy (non-hydrogen) atoms. The summed E-state index contributed by atoms with van der Waals surface area (Å²) in [4.78, 5) is 1.69. The summed E-state index contributed by atoms with van der Waals surface area (Å²) in [6, 6.07) is 4.89. The maximum Gasteiger partial charge on any atom is 0.146 e. The molecule has 0 radical (unpaired) electrons. The summed E-state index contributed by atoms with van der Waals surface area (Å²) in [5.74, 6) is -0.320. The van der Waals surface area contributed by atoms with Gasteiger partial charge in [-0.15, -0.1) is 0 Å². The molecular weight excluding hydrogens is 223 g/mol. The Hall–Kier alpha value is -1.17. The molecule has 1 saturated heterocycles. The van der Waals surface area contributed by atoms with Gasteiger partial charge in [0, 0.05) is 19.6 Å². The van der Waals surface area contributed by atoms with Crippen molar-refractivity contribution in [1.29, 1.82) is 0 Å². The highest BCUT2D eigenvalue weighted by atomic mass is 19.1. The zero-order chi connectivity index (χ0) is 12.4. The quantitative estimate of drug-likeness (QED) is 0.701. The predicted octanol–water partition coefficient (Wildman–Crippen LogP) is 0.0869. The van der Waals surface area contributed by atoms with Crippen LogP contribution in [0.15, 0.2) is 18.2 Å². The lowest BCUT2D eigenvalue weighted by molar-refractivity contribution is 0.0572. The molecule has 0 amide bonds. The molecule has 1 aliphatic rings. The third-order valence-electron chi connectivity index (χ3n) is 3.01. The number of aliphatic hydroxyl groups excluding tert-OH is 2. The number of para-hydroxylation sites is 1. The summed E-state index contributed by atoms with van der Waals surface area (Å²) in [6.45, 7) is 1.08. The van der Waals surface area contributed by atoms with E-state index in [2.05, 4.69) is 5.32 Å². The number of nitrogens with zero attached hydrogens (tertiary/aromatic N) is 1. The molecule has 0 aromatic heterocycles. The standard InChI is InChI=1S/C12H17FN2O2/c1-14-5-8-3-2-4-9(13)12(8)15-6-10(16)11(17)7-15/h2-4,10-11,14,16-17H,5-7H2,1H3. The normalized spacial score (nSPS) is 24.4. The molecule has 2 rings (SSSR count). The molecule has 1 aromatic rings. The molecule has 5 heteroatoms. The molecule has 2 atom stereocenters. The number of benzene rings is 1. The lowest BCUT2D eigenvalue weighted by Gasteiger charge is -2.22. The fraction of sp³-hybridized carbons (Fsp3) is 0.500. The van der Waals surface area contributed by atoms with Gasteiger partial charge in [0.05, 0.1) is 17.9 Å². The van der Waals surface area contributed by atoms with E-state index in [1.165, 1.54) is 6.07 Å². The van der Waals surface area contributed by atoms with E-state index in [4.69, 9.17) is 0 Å². The van der Waals surface area contributed by atoms with E-state index in [0.717, 1.165) is 5.56 Å². The largest absolute Gasteiger partial charge is 0.389 e. The second kappa shape index (κ2) is 5.00. The molecule has 1 fully saturated rings. The van der Waals surface area contributed by atoms with Crippen molar-refractivity contribution >= 4 is 5.69 Å². The Morgan fingerprint density at radius 1 is 1.35 bits per heavy atom. The Labute approximate surface area is 99.7 Å². The van der Waals surface area contributed by atoms with Gasteiger partial charge in [-0.25, -0.2) is 4.39 Å². The van der Waals surface area contributed by atoms with Crippen LogP contribution in [-0.2, 0) is 6.54 Å². The number of nitrogens with one attached hydrogen (secondary N) is 1. The molecule has 0 bridgehead atoms. The van der Waals surface area contributed by atoms with Crippen molar-refractivity contribution in [2.24, 2.45) is 0 Å². The molecule has 94 valence electrons.